The van der Waals surface area contributed by atoms with Gasteiger partial charge in [-0.25, -0.2) is 9.67 Å². The highest BCUT2D eigenvalue weighted by Crippen LogP contribution is 2.35. The quantitative estimate of drug-likeness (QED) is 0.587. The fraction of sp³-hybridized carbons (Fsp3) is 1.00. The van der Waals surface area contributed by atoms with Gasteiger partial charge < -0.3 is 14.7 Å². The molecule has 0 saturated heterocycles. The molecule has 16 heavy (non-hydrogen) atoms. The highest BCUT2D eigenvalue weighted by Gasteiger charge is 2.24. The van der Waals surface area contributed by atoms with Crippen LogP contribution in [-0.2, 0) is 14.2 Å². The van der Waals surface area contributed by atoms with E-state index in [0.717, 1.165) is 6.54 Å². The molecule has 1 saturated carbocycles. The van der Waals surface area contributed by atoms with Crippen molar-refractivity contribution in [1.82, 2.24) is 4.90 Å². The predicted molar refractivity (Wildman–Crippen MR) is 57.3 cm³/mol. The van der Waals surface area contributed by atoms with Gasteiger partial charge in [-0.1, -0.05) is 0 Å². The van der Waals surface area contributed by atoms with Crippen LogP contribution in [-0.4, -0.2) is 47.5 Å². The van der Waals surface area contributed by atoms with E-state index in [2.05, 4.69) is 4.52 Å². The summed E-state index contributed by atoms with van der Waals surface area (Å²) in [6.07, 6.45) is 3.00. The van der Waals surface area contributed by atoms with Crippen LogP contribution in [0.15, 0.2) is 0 Å². The third-order valence-corrected chi connectivity index (χ3v) is 3.02. The van der Waals surface area contributed by atoms with E-state index in [4.69, 9.17) is 9.79 Å². The van der Waals surface area contributed by atoms with Gasteiger partial charge in [-0.3, -0.25) is 4.52 Å². The number of hydrogen-bond donors (Lipinski definition) is 2. The molecular weight excluding hydrogens is 233 g/mol. The summed E-state index contributed by atoms with van der Waals surface area (Å²) in [5, 5.41) is 10.4. The molecule has 0 aliphatic heterocycles. The van der Waals surface area contributed by atoms with Crippen LogP contribution in [0.2, 0.25) is 0 Å². The number of phosphoric acid groups is 1. The molecule has 0 aromatic rings. The van der Waals surface area contributed by atoms with Gasteiger partial charge in [-0.05, 0) is 25.2 Å². The van der Waals surface area contributed by atoms with Gasteiger partial charge in [0.25, 0.3) is 0 Å². The van der Waals surface area contributed by atoms with Crippen molar-refractivity contribution in [2.75, 3.05) is 32.8 Å². The summed E-state index contributed by atoms with van der Waals surface area (Å²) in [7, 11) is -4.35. The van der Waals surface area contributed by atoms with Crippen LogP contribution in [0.4, 0.5) is 0 Å². The number of rotatable bonds is 9. The third kappa shape index (κ3) is 7.33. The van der Waals surface area contributed by atoms with E-state index < -0.39 is 7.82 Å². The SMILES string of the molecule is [O]CCCN(CCOP(=O)(O)O)CC1CC1. The second kappa shape index (κ2) is 6.69. The number of phosphoric ester groups is 1. The van der Waals surface area contributed by atoms with Gasteiger partial charge >= 0.3 is 7.82 Å². The van der Waals surface area contributed by atoms with Crippen LogP contribution >= 0.6 is 7.82 Å². The van der Waals surface area contributed by atoms with Crippen molar-refractivity contribution in [3.63, 3.8) is 0 Å². The minimum absolute atomic E-state index is 0.00978. The fourth-order valence-corrected chi connectivity index (χ4v) is 1.86. The molecule has 0 spiro atoms. The molecule has 6 nitrogen and oxygen atoms in total. The minimum atomic E-state index is -4.35. The lowest BCUT2D eigenvalue weighted by Gasteiger charge is -2.21. The highest BCUT2D eigenvalue weighted by atomic mass is 31.2. The maximum absolute atomic E-state index is 10.5. The third-order valence-electron chi connectivity index (χ3n) is 2.50. The van der Waals surface area contributed by atoms with Crippen molar-refractivity contribution in [3.05, 3.63) is 0 Å². The van der Waals surface area contributed by atoms with Crippen molar-refractivity contribution < 1.29 is 24.0 Å². The van der Waals surface area contributed by atoms with Gasteiger partial charge in [-0.15, -0.1) is 0 Å². The average molecular weight is 252 g/mol. The molecule has 0 amide bonds. The van der Waals surface area contributed by atoms with Crippen LogP contribution in [0.25, 0.3) is 0 Å². The van der Waals surface area contributed by atoms with Crippen molar-refractivity contribution in [2.45, 2.75) is 19.3 Å². The molecule has 1 radical (unpaired) electrons. The Labute approximate surface area is 95.5 Å². The van der Waals surface area contributed by atoms with Gasteiger partial charge in [0, 0.05) is 19.6 Å². The van der Waals surface area contributed by atoms with Crippen LogP contribution in [0, 0.1) is 5.92 Å². The Bertz CT molecular complexity index is 240. The monoisotopic (exact) mass is 252 g/mol. The summed E-state index contributed by atoms with van der Waals surface area (Å²) in [6, 6.07) is 0. The second-order valence-corrected chi connectivity index (χ2v) is 5.36. The molecule has 1 aliphatic carbocycles. The lowest BCUT2D eigenvalue weighted by Crippen LogP contribution is -2.31. The molecule has 2 N–H and O–H groups in total. The molecule has 1 aliphatic rings. The van der Waals surface area contributed by atoms with Gasteiger partial charge in [0.1, 0.15) is 0 Å². The fourth-order valence-electron chi connectivity index (χ4n) is 1.54. The zero-order valence-electron chi connectivity index (χ0n) is 9.25. The van der Waals surface area contributed by atoms with E-state index in [-0.39, 0.29) is 13.2 Å². The molecule has 0 aromatic carbocycles. The van der Waals surface area contributed by atoms with Gasteiger partial charge in [-0.2, -0.15) is 0 Å². The largest absolute Gasteiger partial charge is 0.469 e. The predicted octanol–water partition coefficient (Wildman–Crippen LogP) is 0.628. The van der Waals surface area contributed by atoms with E-state index >= 15 is 0 Å². The number of nitrogens with zero attached hydrogens (tertiary/aromatic N) is 1. The standard InChI is InChI=1S/C9H19NO5P/c11-6-1-4-10(8-9-2-3-9)5-7-15-16(12,13)14/h9H,1-8H2,(H2,12,13,14). The molecular formula is C9H19NO5P. The van der Waals surface area contributed by atoms with Crippen molar-refractivity contribution >= 4 is 7.82 Å². The lowest BCUT2D eigenvalue weighted by atomic mass is 10.3. The van der Waals surface area contributed by atoms with Crippen LogP contribution < -0.4 is 0 Å². The maximum atomic E-state index is 10.5. The first-order chi connectivity index (χ1) is 7.51. The van der Waals surface area contributed by atoms with Crippen LogP contribution in [0.5, 0.6) is 0 Å². The van der Waals surface area contributed by atoms with Gasteiger partial charge in [0.2, 0.25) is 0 Å². The van der Waals surface area contributed by atoms with E-state index in [0.29, 0.717) is 25.4 Å². The Balaban J connectivity index is 2.17. The Hall–Kier alpha value is 0.0300. The van der Waals surface area contributed by atoms with Crippen LogP contribution in [0.3, 0.4) is 0 Å². The molecule has 0 heterocycles. The van der Waals surface area contributed by atoms with Crippen molar-refractivity contribution in [2.24, 2.45) is 5.92 Å². The summed E-state index contributed by atoms with van der Waals surface area (Å²) < 4.78 is 14.9. The summed E-state index contributed by atoms with van der Waals surface area (Å²) in [5.41, 5.74) is 0. The molecule has 0 atom stereocenters. The maximum Gasteiger partial charge on any atom is 0.469 e. The lowest BCUT2D eigenvalue weighted by molar-refractivity contribution is 0.137. The average Bonchev–Trinajstić information content (AvgIpc) is 2.95. The Morgan fingerprint density at radius 3 is 2.50 bits per heavy atom. The van der Waals surface area contributed by atoms with Crippen molar-refractivity contribution in [1.29, 1.82) is 0 Å². The molecule has 0 unspecified atom stereocenters. The highest BCUT2D eigenvalue weighted by molar-refractivity contribution is 7.46. The summed E-state index contributed by atoms with van der Waals surface area (Å²) in [4.78, 5) is 19.1. The zero-order valence-corrected chi connectivity index (χ0v) is 10.1. The molecule has 1 rings (SSSR count). The van der Waals surface area contributed by atoms with E-state index in [1.807, 2.05) is 4.90 Å². The molecule has 95 valence electrons. The van der Waals surface area contributed by atoms with E-state index in [1.54, 1.807) is 0 Å². The zero-order chi connectivity index (χ0) is 12.0. The van der Waals surface area contributed by atoms with Crippen molar-refractivity contribution in [3.8, 4) is 0 Å². The summed E-state index contributed by atoms with van der Waals surface area (Å²) >= 11 is 0. The first-order valence-corrected chi connectivity index (χ1v) is 7.05. The van der Waals surface area contributed by atoms with E-state index in [1.165, 1.54) is 12.8 Å². The van der Waals surface area contributed by atoms with Gasteiger partial charge in [0.15, 0.2) is 0 Å². The summed E-state index contributed by atoms with van der Waals surface area (Å²) in [6.45, 7) is 1.97. The molecule has 0 aromatic heterocycles. The van der Waals surface area contributed by atoms with Crippen LogP contribution in [0.1, 0.15) is 19.3 Å². The second-order valence-electron chi connectivity index (χ2n) is 4.13. The van der Waals surface area contributed by atoms with E-state index in [9.17, 15) is 9.67 Å². The first-order valence-electron chi connectivity index (χ1n) is 5.52. The molecule has 1 fully saturated rings. The Morgan fingerprint density at radius 2 is 2.00 bits per heavy atom. The smallest absolute Gasteiger partial charge is 0.303 e. The Kier molecular flexibility index (Phi) is 5.89. The van der Waals surface area contributed by atoms with Gasteiger partial charge in [0.05, 0.1) is 13.2 Å². The Morgan fingerprint density at radius 1 is 1.31 bits per heavy atom. The normalized spacial score (nSPS) is 17.0. The summed E-state index contributed by atoms with van der Waals surface area (Å²) in [5.74, 6) is 0.696. The topological polar surface area (TPSA) is 89.9 Å². The number of hydrogen-bond acceptors (Lipinski definition) is 3. The minimum Gasteiger partial charge on any atom is -0.303 e. The molecule has 7 heteroatoms. The first kappa shape index (κ1) is 14.1. The molecule has 0 bridgehead atoms.